The van der Waals surface area contributed by atoms with E-state index in [0.717, 1.165) is 27.7 Å². The van der Waals surface area contributed by atoms with Crippen molar-refractivity contribution in [2.75, 3.05) is 0 Å². The molecule has 3 N–H and O–H groups in total. The summed E-state index contributed by atoms with van der Waals surface area (Å²) in [6.45, 7) is 0.292. The maximum absolute atomic E-state index is 12.5. The van der Waals surface area contributed by atoms with Gasteiger partial charge in [-0.15, -0.1) is 0 Å². The van der Waals surface area contributed by atoms with Crippen molar-refractivity contribution >= 4 is 22.8 Å². The molecule has 0 aliphatic rings. The number of nitrogens with one attached hydrogen (secondary N) is 2. The third kappa shape index (κ3) is 3.37. The molecule has 7 heteroatoms. The van der Waals surface area contributed by atoms with Gasteiger partial charge in [-0.2, -0.15) is 5.10 Å². The van der Waals surface area contributed by atoms with Gasteiger partial charge in [0, 0.05) is 36.3 Å². The highest BCUT2D eigenvalue weighted by atomic mass is 16.4. The molecule has 7 nitrogen and oxygen atoms in total. The fourth-order valence-electron chi connectivity index (χ4n) is 3.10. The number of aromatic nitrogens is 3. The Labute approximate surface area is 160 Å². The maximum atomic E-state index is 12.5. The first-order valence-corrected chi connectivity index (χ1v) is 8.73. The van der Waals surface area contributed by atoms with E-state index < -0.39 is 5.97 Å². The van der Waals surface area contributed by atoms with Gasteiger partial charge in [0.1, 0.15) is 0 Å². The number of fused-ring (bicyclic) bond motifs is 1. The minimum absolute atomic E-state index is 0.212. The van der Waals surface area contributed by atoms with Gasteiger partial charge in [-0.3, -0.25) is 9.48 Å². The smallest absolute Gasteiger partial charge is 0.335 e. The van der Waals surface area contributed by atoms with Crippen LogP contribution in [0.15, 0.2) is 60.8 Å². The van der Waals surface area contributed by atoms with Crippen LogP contribution in [0.5, 0.6) is 0 Å². The van der Waals surface area contributed by atoms with E-state index >= 15 is 0 Å². The molecule has 0 radical (unpaired) electrons. The Kier molecular flexibility index (Phi) is 4.41. The first-order chi connectivity index (χ1) is 13.5. The Morgan fingerprint density at radius 3 is 2.64 bits per heavy atom. The number of aryl methyl sites for hydroxylation is 1. The average Bonchev–Trinajstić information content (AvgIpc) is 3.32. The summed E-state index contributed by atoms with van der Waals surface area (Å²) in [5.41, 5.74) is 4.23. The quantitative estimate of drug-likeness (QED) is 0.499. The summed E-state index contributed by atoms with van der Waals surface area (Å²) in [6.07, 6.45) is 1.89. The molecule has 0 spiro atoms. The van der Waals surface area contributed by atoms with Crippen LogP contribution in [0.3, 0.4) is 0 Å². The Bertz CT molecular complexity index is 1170. The highest BCUT2D eigenvalue weighted by Gasteiger charge is 2.14. The van der Waals surface area contributed by atoms with Crippen molar-refractivity contribution in [2.45, 2.75) is 6.54 Å². The van der Waals surface area contributed by atoms with Gasteiger partial charge in [0.15, 0.2) is 5.69 Å². The number of rotatable bonds is 5. The summed E-state index contributed by atoms with van der Waals surface area (Å²) in [4.78, 5) is 26.5. The molecule has 2 aromatic carbocycles. The van der Waals surface area contributed by atoms with Crippen molar-refractivity contribution < 1.29 is 14.7 Å². The molecule has 0 unspecified atom stereocenters. The lowest BCUT2D eigenvalue weighted by Crippen LogP contribution is -2.23. The monoisotopic (exact) mass is 374 g/mol. The molecule has 28 heavy (non-hydrogen) atoms. The van der Waals surface area contributed by atoms with Crippen LogP contribution < -0.4 is 5.32 Å². The van der Waals surface area contributed by atoms with Crippen LogP contribution >= 0.6 is 0 Å². The Morgan fingerprint density at radius 2 is 1.89 bits per heavy atom. The predicted molar refractivity (Wildman–Crippen MR) is 105 cm³/mol. The second kappa shape index (κ2) is 7.03. The Morgan fingerprint density at radius 1 is 1.11 bits per heavy atom. The number of H-pyrrole nitrogens is 1. The Hall–Kier alpha value is -3.87. The number of carboxylic acid groups (broad SMARTS) is 1. The van der Waals surface area contributed by atoms with Crippen molar-refractivity contribution in [1.29, 1.82) is 0 Å². The summed E-state index contributed by atoms with van der Waals surface area (Å²) in [7, 11) is 1.80. The normalized spacial score (nSPS) is 10.9. The fourth-order valence-corrected chi connectivity index (χ4v) is 3.10. The molecule has 4 rings (SSSR count). The molecule has 140 valence electrons. The maximum Gasteiger partial charge on any atom is 0.335 e. The third-order valence-corrected chi connectivity index (χ3v) is 4.62. The van der Waals surface area contributed by atoms with E-state index in [1.807, 2.05) is 24.4 Å². The van der Waals surface area contributed by atoms with E-state index in [-0.39, 0.29) is 11.5 Å². The van der Waals surface area contributed by atoms with Crippen LogP contribution in [-0.2, 0) is 13.6 Å². The molecule has 0 fully saturated rings. The molecule has 0 saturated heterocycles. The first kappa shape index (κ1) is 17.5. The van der Waals surface area contributed by atoms with E-state index in [9.17, 15) is 9.59 Å². The van der Waals surface area contributed by atoms with Gasteiger partial charge in [0.05, 0.1) is 11.3 Å². The van der Waals surface area contributed by atoms with Crippen LogP contribution in [0.2, 0.25) is 0 Å². The topological polar surface area (TPSA) is 100 Å². The minimum Gasteiger partial charge on any atom is -0.478 e. The van der Waals surface area contributed by atoms with Crippen LogP contribution in [0, 0.1) is 0 Å². The molecular weight excluding hydrogens is 356 g/mol. The summed E-state index contributed by atoms with van der Waals surface area (Å²) < 4.78 is 1.68. The van der Waals surface area contributed by atoms with Crippen LogP contribution in [0.25, 0.3) is 22.2 Å². The van der Waals surface area contributed by atoms with Gasteiger partial charge in [0.2, 0.25) is 0 Å². The van der Waals surface area contributed by atoms with Gasteiger partial charge in [-0.1, -0.05) is 18.2 Å². The number of hydrogen-bond acceptors (Lipinski definition) is 3. The van der Waals surface area contributed by atoms with Crippen molar-refractivity contribution in [2.24, 2.45) is 7.05 Å². The summed E-state index contributed by atoms with van der Waals surface area (Å²) in [5.74, 6) is -1.26. The minimum atomic E-state index is -0.977. The number of amides is 1. The van der Waals surface area contributed by atoms with Gasteiger partial charge >= 0.3 is 5.97 Å². The van der Waals surface area contributed by atoms with E-state index in [4.69, 9.17) is 5.11 Å². The number of benzene rings is 2. The number of carbonyl (C=O) groups excluding carboxylic acids is 1. The zero-order valence-corrected chi connectivity index (χ0v) is 15.1. The second-order valence-electron chi connectivity index (χ2n) is 6.50. The van der Waals surface area contributed by atoms with Gasteiger partial charge in [-0.05, 0) is 42.0 Å². The molecule has 0 bridgehead atoms. The van der Waals surface area contributed by atoms with E-state index in [1.165, 1.54) is 12.1 Å². The van der Waals surface area contributed by atoms with Crippen molar-refractivity contribution in [3.63, 3.8) is 0 Å². The zero-order chi connectivity index (χ0) is 19.7. The SMILES string of the molecule is Cn1nc(C(=O)NCc2ccc(C(=O)O)cc2)cc1-c1ccc2[nH]ccc2c1. The average molecular weight is 374 g/mol. The number of aromatic amines is 1. The highest BCUT2D eigenvalue weighted by molar-refractivity contribution is 5.94. The summed E-state index contributed by atoms with van der Waals surface area (Å²) in [5, 5.41) is 17.2. The molecule has 2 heterocycles. The number of nitrogens with zero attached hydrogens (tertiary/aromatic N) is 2. The van der Waals surface area contributed by atoms with Gasteiger partial charge < -0.3 is 15.4 Å². The molecule has 4 aromatic rings. The molecule has 2 aromatic heterocycles. The summed E-state index contributed by atoms with van der Waals surface area (Å²) in [6, 6.07) is 16.2. The standard InChI is InChI=1S/C21H18N4O3/c1-25-19(16-6-7-17-15(10-16)8-9-22-17)11-18(24-25)20(26)23-12-13-2-4-14(5-3-13)21(27)28/h2-11,22H,12H2,1H3,(H,23,26)(H,27,28). The van der Waals surface area contributed by atoms with Crippen molar-refractivity contribution in [3.8, 4) is 11.3 Å². The zero-order valence-electron chi connectivity index (χ0n) is 15.1. The van der Waals surface area contributed by atoms with Crippen LogP contribution in [-0.4, -0.2) is 31.7 Å². The van der Waals surface area contributed by atoms with Crippen LogP contribution in [0.4, 0.5) is 0 Å². The lowest BCUT2D eigenvalue weighted by molar-refractivity contribution is 0.0696. The molecule has 0 saturated carbocycles. The van der Waals surface area contributed by atoms with Crippen molar-refractivity contribution in [1.82, 2.24) is 20.1 Å². The molecule has 0 atom stereocenters. The molecule has 0 aliphatic carbocycles. The largest absolute Gasteiger partial charge is 0.478 e. The van der Waals surface area contributed by atoms with Crippen LogP contribution in [0.1, 0.15) is 26.4 Å². The Balaban J connectivity index is 1.49. The number of hydrogen-bond donors (Lipinski definition) is 3. The molecule has 1 amide bonds. The molecular formula is C21H18N4O3. The van der Waals surface area contributed by atoms with Crippen molar-refractivity contribution in [3.05, 3.63) is 77.6 Å². The van der Waals surface area contributed by atoms with E-state index in [1.54, 1.807) is 29.9 Å². The predicted octanol–water partition coefficient (Wildman–Crippen LogP) is 3.20. The highest BCUT2D eigenvalue weighted by Crippen LogP contribution is 2.24. The number of carboxylic acids is 1. The first-order valence-electron chi connectivity index (χ1n) is 8.73. The van der Waals surface area contributed by atoms with E-state index in [0.29, 0.717) is 12.2 Å². The molecule has 0 aliphatic heterocycles. The second-order valence-corrected chi connectivity index (χ2v) is 6.50. The van der Waals surface area contributed by atoms with Gasteiger partial charge in [0.25, 0.3) is 5.91 Å². The fraction of sp³-hybridized carbons (Fsp3) is 0.0952. The lowest BCUT2D eigenvalue weighted by Gasteiger charge is -2.04. The lowest BCUT2D eigenvalue weighted by atomic mass is 10.1. The number of carbonyl (C=O) groups is 2. The third-order valence-electron chi connectivity index (χ3n) is 4.62. The van der Waals surface area contributed by atoms with Gasteiger partial charge in [-0.25, -0.2) is 4.79 Å². The summed E-state index contributed by atoms with van der Waals surface area (Å²) >= 11 is 0. The van der Waals surface area contributed by atoms with E-state index in [2.05, 4.69) is 21.5 Å². The number of aromatic carboxylic acids is 1.